The van der Waals surface area contributed by atoms with E-state index in [4.69, 9.17) is 10.7 Å². The number of aromatic nitrogens is 2. The van der Waals surface area contributed by atoms with Crippen LogP contribution in [-0.2, 0) is 11.8 Å². The van der Waals surface area contributed by atoms with Gasteiger partial charge in [-0.2, -0.15) is 0 Å². The monoisotopic (exact) mass is 282 g/mol. The first-order chi connectivity index (χ1) is 9.95. The molecule has 1 aliphatic rings. The van der Waals surface area contributed by atoms with E-state index >= 15 is 0 Å². The van der Waals surface area contributed by atoms with Crippen LogP contribution >= 0.6 is 0 Å². The lowest BCUT2D eigenvalue weighted by molar-refractivity contribution is 0.545. The van der Waals surface area contributed by atoms with Crippen molar-refractivity contribution in [3.05, 3.63) is 41.7 Å². The lowest BCUT2D eigenvalue weighted by Gasteiger charge is -2.31. The van der Waals surface area contributed by atoms with E-state index in [-0.39, 0.29) is 5.41 Å². The van der Waals surface area contributed by atoms with Gasteiger partial charge < -0.3 is 10.6 Å². The Kier molecular flexibility index (Phi) is 3.32. The summed E-state index contributed by atoms with van der Waals surface area (Å²) in [5.74, 6) is 2.23. The highest BCUT2D eigenvalue weighted by atomic mass is 15.2. The Morgan fingerprint density at radius 1 is 1.14 bits per heavy atom. The molecule has 1 aromatic carbocycles. The summed E-state index contributed by atoms with van der Waals surface area (Å²) in [5, 5.41) is 0. The van der Waals surface area contributed by atoms with Crippen molar-refractivity contribution >= 4 is 17.3 Å². The molecule has 0 unspecified atom stereocenters. The maximum absolute atomic E-state index is 6.00. The van der Waals surface area contributed by atoms with Gasteiger partial charge in [0.15, 0.2) is 0 Å². The third-order valence-electron chi connectivity index (χ3n) is 3.79. The molecule has 0 atom stereocenters. The Hall–Kier alpha value is -2.10. The van der Waals surface area contributed by atoms with E-state index in [1.54, 1.807) is 0 Å². The minimum absolute atomic E-state index is 0.112. The topological polar surface area (TPSA) is 55.0 Å². The number of hydrogen-bond acceptors (Lipinski definition) is 4. The van der Waals surface area contributed by atoms with Crippen LogP contribution in [0.1, 0.15) is 38.6 Å². The fraction of sp³-hybridized carbons (Fsp3) is 0.412. The third-order valence-corrected chi connectivity index (χ3v) is 3.79. The van der Waals surface area contributed by atoms with Crippen LogP contribution < -0.4 is 10.6 Å². The maximum Gasteiger partial charge on any atom is 0.138 e. The van der Waals surface area contributed by atoms with Crippen molar-refractivity contribution in [1.82, 2.24) is 9.97 Å². The highest BCUT2D eigenvalue weighted by Crippen LogP contribution is 2.33. The van der Waals surface area contributed by atoms with Gasteiger partial charge in [-0.15, -0.1) is 0 Å². The number of nitrogens with zero attached hydrogens (tertiary/aromatic N) is 3. The maximum atomic E-state index is 6.00. The van der Waals surface area contributed by atoms with Crippen molar-refractivity contribution in [1.29, 1.82) is 0 Å². The predicted octanol–water partition coefficient (Wildman–Crippen LogP) is 3.44. The van der Waals surface area contributed by atoms with Crippen LogP contribution in [-0.4, -0.2) is 16.5 Å². The number of anilines is 3. The van der Waals surface area contributed by atoms with Crippen LogP contribution in [0.4, 0.5) is 17.3 Å². The highest BCUT2D eigenvalue weighted by Gasteiger charge is 2.23. The molecular weight excluding hydrogens is 260 g/mol. The minimum atomic E-state index is -0.112. The van der Waals surface area contributed by atoms with Crippen LogP contribution in [0, 0.1) is 0 Å². The molecule has 110 valence electrons. The molecule has 0 radical (unpaired) electrons. The molecule has 4 heteroatoms. The standard InChI is InChI=1S/C17H22N4/c1-17(2,3)16-19-14(18)11-15(20-16)21-10-6-8-12-7-4-5-9-13(12)21/h4-5,7,9,11H,6,8,10H2,1-3H3,(H2,18,19,20). The van der Waals surface area contributed by atoms with Crippen LogP contribution in [0.25, 0.3) is 0 Å². The van der Waals surface area contributed by atoms with Gasteiger partial charge in [0, 0.05) is 23.7 Å². The highest BCUT2D eigenvalue weighted by molar-refractivity contribution is 5.66. The van der Waals surface area contributed by atoms with E-state index in [1.807, 2.05) is 6.07 Å². The normalized spacial score (nSPS) is 14.9. The molecule has 3 rings (SSSR count). The zero-order valence-corrected chi connectivity index (χ0v) is 12.9. The van der Waals surface area contributed by atoms with Gasteiger partial charge in [0.2, 0.25) is 0 Å². The van der Waals surface area contributed by atoms with E-state index in [0.717, 1.165) is 31.0 Å². The number of rotatable bonds is 1. The van der Waals surface area contributed by atoms with Crippen molar-refractivity contribution < 1.29 is 0 Å². The van der Waals surface area contributed by atoms with Crippen molar-refractivity contribution in [2.24, 2.45) is 0 Å². The molecule has 0 bridgehead atoms. The minimum Gasteiger partial charge on any atom is -0.384 e. The molecule has 0 aliphatic carbocycles. The molecule has 1 aliphatic heterocycles. The number of fused-ring (bicyclic) bond motifs is 1. The van der Waals surface area contributed by atoms with E-state index in [0.29, 0.717) is 5.82 Å². The fourth-order valence-corrected chi connectivity index (χ4v) is 2.70. The Labute approximate surface area is 126 Å². The molecule has 4 nitrogen and oxygen atoms in total. The second-order valence-electron chi connectivity index (χ2n) is 6.61. The third kappa shape index (κ3) is 2.71. The van der Waals surface area contributed by atoms with Gasteiger partial charge in [-0.3, -0.25) is 0 Å². The summed E-state index contributed by atoms with van der Waals surface area (Å²) >= 11 is 0. The second-order valence-corrected chi connectivity index (χ2v) is 6.61. The van der Waals surface area contributed by atoms with Crippen molar-refractivity contribution in [2.45, 2.75) is 39.0 Å². The molecule has 21 heavy (non-hydrogen) atoms. The molecule has 0 saturated heterocycles. The summed E-state index contributed by atoms with van der Waals surface area (Å²) < 4.78 is 0. The second kappa shape index (κ2) is 5.02. The average Bonchev–Trinajstić information content (AvgIpc) is 2.45. The van der Waals surface area contributed by atoms with E-state index < -0.39 is 0 Å². The number of nitrogens with two attached hydrogens (primary N) is 1. The number of para-hydroxylation sites is 1. The first kappa shape index (κ1) is 13.9. The van der Waals surface area contributed by atoms with Crippen molar-refractivity contribution in [2.75, 3.05) is 17.2 Å². The molecule has 0 amide bonds. The molecule has 0 fully saturated rings. The molecule has 0 spiro atoms. The van der Waals surface area contributed by atoms with E-state index in [2.05, 4.69) is 54.9 Å². The predicted molar refractivity (Wildman–Crippen MR) is 86.9 cm³/mol. The molecule has 2 heterocycles. The van der Waals surface area contributed by atoms with Gasteiger partial charge in [-0.25, -0.2) is 9.97 Å². The molecule has 2 aromatic rings. The Balaban J connectivity index is 2.08. The number of hydrogen-bond donors (Lipinski definition) is 1. The van der Waals surface area contributed by atoms with Gasteiger partial charge in [0.25, 0.3) is 0 Å². The molecule has 0 saturated carbocycles. The van der Waals surface area contributed by atoms with Gasteiger partial charge in [0.05, 0.1) is 0 Å². The molecular formula is C17H22N4. The largest absolute Gasteiger partial charge is 0.384 e. The smallest absolute Gasteiger partial charge is 0.138 e. The lowest BCUT2D eigenvalue weighted by atomic mass is 9.95. The summed E-state index contributed by atoms with van der Waals surface area (Å²) in [7, 11) is 0. The van der Waals surface area contributed by atoms with Crippen LogP contribution in [0.15, 0.2) is 30.3 Å². The van der Waals surface area contributed by atoms with Gasteiger partial charge in [0.1, 0.15) is 17.5 Å². The number of nitrogen functional groups attached to an aromatic ring is 1. The summed E-state index contributed by atoms with van der Waals surface area (Å²) in [6.07, 6.45) is 2.26. The van der Waals surface area contributed by atoms with Crippen molar-refractivity contribution in [3.63, 3.8) is 0 Å². The van der Waals surface area contributed by atoms with E-state index in [1.165, 1.54) is 11.3 Å². The van der Waals surface area contributed by atoms with Crippen LogP contribution in [0.5, 0.6) is 0 Å². The molecule has 2 N–H and O–H groups in total. The summed E-state index contributed by atoms with van der Waals surface area (Å²) in [4.78, 5) is 11.4. The zero-order valence-electron chi connectivity index (χ0n) is 12.9. The van der Waals surface area contributed by atoms with Crippen molar-refractivity contribution in [3.8, 4) is 0 Å². The number of benzene rings is 1. The summed E-state index contributed by atoms with van der Waals surface area (Å²) in [5.41, 5.74) is 8.50. The average molecular weight is 282 g/mol. The molecule has 1 aromatic heterocycles. The Morgan fingerprint density at radius 3 is 2.67 bits per heavy atom. The Morgan fingerprint density at radius 2 is 1.90 bits per heavy atom. The van der Waals surface area contributed by atoms with Gasteiger partial charge >= 0.3 is 0 Å². The fourth-order valence-electron chi connectivity index (χ4n) is 2.70. The number of aryl methyl sites for hydroxylation is 1. The first-order valence-electron chi connectivity index (χ1n) is 7.45. The SMILES string of the molecule is CC(C)(C)c1nc(N)cc(N2CCCc3ccccc32)n1. The summed E-state index contributed by atoms with van der Waals surface area (Å²) in [6.45, 7) is 7.29. The van der Waals surface area contributed by atoms with Gasteiger partial charge in [-0.1, -0.05) is 39.0 Å². The van der Waals surface area contributed by atoms with Crippen LogP contribution in [0.2, 0.25) is 0 Å². The van der Waals surface area contributed by atoms with Gasteiger partial charge in [-0.05, 0) is 24.5 Å². The van der Waals surface area contributed by atoms with E-state index in [9.17, 15) is 0 Å². The zero-order chi connectivity index (χ0) is 15.0. The lowest BCUT2D eigenvalue weighted by Crippen LogP contribution is -2.27. The van der Waals surface area contributed by atoms with Crippen LogP contribution in [0.3, 0.4) is 0 Å². The summed E-state index contributed by atoms with van der Waals surface area (Å²) in [6, 6.07) is 10.4. The first-order valence-corrected chi connectivity index (χ1v) is 7.45. The quantitative estimate of drug-likeness (QED) is 0.870. The Bertz CT molecular complexity index is 658.